The van der Waals surface area contributed by atoms with Gasteiger partial charge in [0.05, 0.1) is 12.5 Å². The Balaban J connectivity index is 1.84. The summed E-state index contributed by atoms with van der Waals surface area (Å²) in [5.41, 5.74) is 3.51. The zero-order valence-electron chi connectivity index (χ0n) is 15.8. The minimum Gasteiger partial charge on any atom is -0.481 e. The first kappa shape index (κ1) is 19.9. The monoisotopic (exact) mass is 360 g/mol. The van der Waals surface area contributed by atoms with Crippen molar-refractivity contribution in [2.75, 3.05) is 26.7 Å². The van der Waals surface area contributed by atoms with E-state index in [4.69, 9.17) is 5.11 Å². The maximum Gasteiger partial charge on any atom is 0.308 e. The second-order valence-electron chi connectivity index (χ2n) is 7.20. The Kier molecular flexibility index (Phi) is 6.77. The van der Waals surface area contributed by atoms with Gasteiger partial charge in [-0.3, -0.25) is 14.4 Å². The fourth-order valence-electron chi connectivity index (χ4n) is 3.36. The molecule has 2 amide bonds. The Morgan fingerprint density at radius 1 is 1.27 bits per heavy atom. The van der Waals surface area contributed by atoms with E-state index in [0.29, 0.717) is 32.2 Å². The first-order valence-corrected chi connectivity index (χ1v) is 9.08. The van der Waals surface area contributed by atoms with E-state index in [0.717, 1.165) is 5.56 Å². The van der Waals surface area contributed by atoms with Gasteiger partial charge in [0.25, 0.3) is 0 Å². The molecule has 1 N–H and O–H groups in total. The highest BCUT2D eigenvalue weighted by molar-refractivity contribution is 5.85. The molecular formula is C20H28N2O4. The number of carboxylic acid groups (broad SMARTS) is 1. The Bertz CT molecular complexity index is 686. The van der Waals surface area contributed by atoms with Gasteiger partial charge in [-0.1, -0.05) is 23.8 Å². The van der Waals surface area contributed by atoms with E-state index in [-0.39, 0.29) is 24.9 Å². The first-order valence-electron chi connectivity index (χ1n) is 9.08. The summed E-state index contributed by atoms with van der Waals surface area (Å²) in [6.45, 7) is 4.87. The van der Waals surface area contributed by atoms with Crippen LogP contribution < -0.4 is 0 Å². The standard InChI is InChI=1S/C20H28N2O4/c1-14-6-7-16(15(2)11-14)8-9-18(23)21(3)13-19(24)22-10-4-5-17(12-22)20(25)26/h6-7,11,17H,4-5,8-10,12-13H2,1-3H3,(H,25,26). The van der Waals surface area contributed by atoms with Gasteiger partial charge in [-0.2, -0.15) is 0 Å². The van der Waals surface area contributed by atoms with Crippen molar-refractivity contribution in [2.24, 2.45) is 5.92 Å². The van der Waals surface area contributed by atoms with Crippen LogP contribution >= 0.6 is 0 Å². The number of amides is 2. The van der Waals surface area contributed by atoms with Gasteiger partial charge in [0, 0.05) is 26.6 Å². The summed E-state index contributed by atoms with van der Waals surface area (Å²) < 4.78 is 0. The van der Waals surface area contributed by atoms with Crippen LogP contribution in [0.2, 0.25) is 0 Å². The van der Waals surface area contributed by atoms with Crippen LogP contribution in [-0.4, -0.2) is 59.4 Å². The summed E-state index contributed by atoms with van der Waals surface area (Å²) in [6.07, 6.45) is 2.29. The van der Waals surface area contributed by atoms with Crippen LogP contribution in [-0.2, 0) is 20.8 Å². The molecule has 26 heavy (non-hydrogen) atoms. The molecular weight excluding hydrogens is 332 g/mol. The van der Waals surface area contributed by atoms with Gasteiger partial charge >= 0.3 is 5.97 Å². The molecule has 0 radical (unpaired) electrons. The van der Waals surface area contributed by atoms with E-state index >= 15 is 0 Å². The minimum atomic E-state index is -0.861. The smallest absolute Gasteiger partial charge is 0.308 e. The van der Waals surface area contributed by atoms with Gasteiger partial charge in [-0.15, -0.1) is 0 Å². The van der Waals surface area contributed by atoms with Crippen LogP contribution in [0.4, 0.5) is 0 Å². The molecule has 0 aliphatic carbocycles. The fourth-order valence-corrected chi connectivity index (χ4v) is 3.36. The summed E-state index contributed by atoms with van der Waals surface area (Å²) in [4.78, 5) is 38.9. The molecule has 1 aromatic carbocycles. The van der Waals surface area contributed by atoms with Gasteiger partial charge in [0.2, 0.25) is 11.8 Å². The molecule has 1 unspecified atom stereocenters. The predicted octanol–water partition coefficient (Wildman–Crippen LogP) is 2.02. The van der Waals surface area contributed by atoms with E-state index in [1.165, 1.54) is 16.0 Å². The van der Waals surface area contributed by atoms with Crippen LogP contribution in [0.15, 0.2) is 18.2 Å². The molecule has 0 aromatic heterocycles. The number of carbonyl (C=O) groups is 3. The van der Waals surface area contributed by atoms with Crippen molar-refractivity contribution in [1.29, 1.82) is 0 Å². The molecule has 1 saturated heterocycles. The lowest BCUT2D eigenvalue weighted by Crippen LogP contribution is -2.46. The van der Waals surface area contributed by atoms with E-state index in [2.05, 4.69) is 6.07 Å². The third-order valence-corrected chi connectivity index (χ3v) is 5.03. The Labute approximate surface area is 154 Å². The summed E-state index contributed by atoms with van der Waals surface area (Å²) in [7, 11) is 1.63. The highest BCUT2D eigenvalue weighted by Gasteiger charge is 2.28. The zero-order chi connectivity index (χ0) is 19.3. The number of nitrogens with zero attached hydrogens (tertiary/aromatic N) is 2. The van der Waals surface area contributed by atoms with Crippen molar-refractivity contribution in [3.05, 3.63) is 34.9 Å². The Hall–Kier alpha value is -2.37. The number of carboxylic acids is 1. The molecule has 1 fully saturated rings. The molecule has 1 atom stereocenters. The quantitative estimate of drug-likeness (QED) is 0.842. The van der Waals surface area contributed by atoms with Crippen LogP contribution in [0.25, 0.3) is 0 Å². The van der Waals surface area contributed by atoms with Crippen LogP contribution in [0.5, 0.6) is 0 Å². The van der Waals surface area contributed by atoms with Crippen molar-refractivity contribution >= 4 is 17.8 Å². The van der Waals surface area contributed by atoms with Crippen molar-refractivity contribution in [1.82, 2.24) is 9.80 Å². The summed E-state index contributed by atoms with van der Waals surface area (Å²) in [5, 5.41) is 9.12. The molecule has 1 aromatic rings. The van der Waals surface area contributed by atoms with Crippen molar-refractivity contribution < 1.29 is 19.5 Å². The summed E-state index contributed by atoms with van der Waals surface area (Å²) >= 11 is 0. The van der Waals surface area contributed by atoms with E-state index < -0.39 is 11.9 Å². The van der Waals surface area contributed by atoms with Crippen molar-refractivity contribution in [2.45, 2.75) is 39.5 Å². The number of likely N-dealkylation sites (tertiary alicyclic amines) is 1. The maximum absolute atomic E-state index is 12.4. The maximum atomic E-state index is 12.4. The number of carbonyl (C=O) groups excluding carboxylic acids is 2. The van der Waals surface area contributed by atoms with Gasteiger partial charge in [0.15, 0.2) is 0 Å². The van der Waals surface area contributed by atoms with Crippen LogP contribution in [0.1, 0.15) is 36.0 Å². The molecule has 0 spiro atoms. The number of aliphatic carboxylic acids is 1. The number of rotatable bonds is 6. The highest BCUT2D eigenvalue weighted by Crippen LogP contribution is 2.17. The molecule has 6 heteroatoms. The van der Waals surface area contributed by atoms with Crippen LogP contribution in [0.3, 0.4) is 0 Å². The highest BCUT2D eigenvalue weighted by atomic mass is 16.4. The molecule has 1 heterocycles. The first-order chi connectivity index (χ1) is 12.3. The number of piperidine rings is 1. The van der Waals surface area contributed by atoms with E-state index in [1.54, 1.807) is 11.9 Å². The van der Waals surface area contributed by atoms with E-state index in [1.807, 2.05) is 26.0 Å². The lowest BCUT2D eigenvalue weighted by atomic mass is 9.98. The average Bonchev–Trinajstić information content (AvgIpc) is 2.60. The number of aryl methyl sites for hydroxylation is 3. The number of hydrogen-bond acceptors (Lipinski definition) is 3. The van der Waals surface area contributed by atoms with E-state index in [9.17, 15) is 14.4 Å². The molecule has 142 valence electrons. The summed E-state index contributed by atoms with van der Waals surface area (Å²) in [6, 6.07) is 6.18. The molecule has 1 aliphatic heterocycles. The van der Waals surface area contributed by atoms with Crippen molar-refractivity contribution in [3.63, 3.8) is 0 Å². The third kappa shape index (κ3) is 5.31. The SMILES string of the molecule is Cc1ccc(CCC(=O)N(C)CC(=O)N2CCCC(C(=O)O)C2)c(C)c1. The van der Waals surface area contributed by atoms with Gasteiger partial charge < -0.3 is 14.9 Å². The molecule has 6 nitrogen and oxygen atoms in total. The third-order valence-electron chi connectivity index (χ3n) is 5.03. The zero-order valence-corrected chi connectivity index (χ0v) is 15.8. The topological polar surface area (TPSA) is 77.9 Å². The average molecular weight is 360 g/mol. The predicted molar refractivity (Wildman–Crippen MR) is 98.8 cm³/mol. The number of hydrogen-bond donors (Lipinski definition) is 1. The molecule has 1 aliphatic rings. The second-order valence-corrected chi connectivity index (χ2v) is 7.20. The number of likely N-dealkylation sites (N-methyl/N-ethyl adjacent to an activating group) is 1. The van der Waals surface area contributed by atoms with Crippen LogP contribution in [0, 0.1) is 19.8 Å². The lowest BCUT2D eigenvalue weighted by molar-refractivity contribution is -0.147. The molecule has 0 bridgehead atoms. The Morgan fingerprint density at radius 2 is 2.00 bits per heavy atom. The minimum absolute atomic E-state index is 0.00193. The molecule has 2 rings (SSSR count). The second kappa shape index (κ2) is 8.83. The largest absolute Gasteiger partial charge is 0.481 e. The van der Waals surface area contributed by atoms with Gasteiger partial charge in [-0.25, -0.2) is 0 Å². The van der Waals surface area contributed by atoms with Crippen molar-refractivity contribution in [3.8, 4) is 0 Å². The summed E-state index contributed by atoms with van der Waals surface area (Å²) in [5.74, 6) is -1.62. The Morgan fingerprint density at radius 3 is 2.65 bits per heavy atom. The lowest BCUT2D eigenvalue weighted by Gasteiger charge is -2.32. The van der Waals surface area contributed by atoms with Gasteiger partial charge in [0.1, 0.15) is 0 Å². The fraction of sp³-hybridized carbons (Fsp3) is 0.550. The van der Waals surface area contributed by atoms with Gasteiger partial charge in [-0.05, 0) is 44.2 Å². The normalized spacial score (nSPS) is 17.0. The molecule has 0 saturated carbocycles. The number of benzene rings is 1.